The lowest BCUT2D eigenvalue weighted by atomic mass is 9.92. The average molecular weight is 153 g/mol. The highest BCUT2D eigenvalue weighted by molar-refractivity contribution is 4.85. The third-order valence-electron chi connectivity index (χ3n) is 3.48. The molecule has 11 heavy (non-hydrogen) atoms. The Hall–Kier alpha value is -0.0400. The van der Waals surface area contributed by atoms with Crippen LogP contribution in [0.3, 0.4) is 0 Å². The van der Waals surface area contributed by atoms with Gasteiger partial charge in [0.1, 0.15) is 0 Å². The van der Waals surface area contributed by atoms with Crippen molar-refractivity contribution in [1.29, 1.82) is 0 Å². The largest absolute Gasteiger partial charge is 0.300 e. The Labute approximate surface area is 69.8 Å². The van der Waals surface area contributed by atoms with Crippen LogP contribution in [-0.4, -0.2) is 24.0 Å². The minimum absolute atomic E-state index is 0.984. The van der Waals surface area contributed by atoms with Gasteiger partial charge in [0.15, 0.2) is 0 Å². The van der Waals surface area contributed by atoms with Gasteiger partial charge in [0, 0.05) is 12.6 Å². The summed E-state index contributed by atoms with van der Waals surface area (Å²) in [6.45, 7) is 5.13. The van der Waals surface area contributed by atoms with Crippen LogP contribution in [0.25, 0.3) is 0 Å². The van der Waals surface area contributed by atoms with Gasteiger partial charge in [0.2, 0.25) is 0 Å². The van der Waals surface area contributed by atoms with Crippen LogP contribution in [0, 0.1) is 5.92 Å². The maximum Gasteiger partial charge on any atom is 0.00959 e. The van der Waals surface area contributed by atoms with Crippen LogP contribution >= 0.6 is 0 Å². The molecule has 0 radical (unpaired) electrons. The SMILES string of the molecule is CC[C@H]1CC[C@@H]2CCCN2C1. The third kappa shape index (κ3) is 1.44. The lowest BCUT2D eigenvalue weighted by molar-refractivity contribution is 0.145. The molecule has 2 fully saturated rings. The van der Waals surface area contributed by atoms with Crippen molar-refractivity contribution in [3.05, 3.63) is 0 Å². The number of piperidine rings is 1. The summed E-state index contributed by atoms with van der Waals surface area (Å²) in [6, 6.07) is 0.984. The Bertz CT molecular complexity index is 133. The first kappa shape index (κ1) is 7.60. The van der Waals surface area contributed by atoms with Crippen molar-refractivity contribution in [3.8, 4) is 0 Å². The van der Waals surface area contributed by atoms with E-state index >= 15 is 0 Å². The van der Waals surface area contributed by atoms with E-state index in [-0.39, 0.29) is 0 Å². The number of fused-ring (bicyclic) bond motifs is 1. The van der Waals surface area contributed by atoms with Crippen LogP contribution in [0.4, 0.5) is 0 Å². The molecule has 0 saturated carbocycles. The van der Waals surface area contributed by atoms with Crippen LogP contribution in [0.5, 0.6) is 0 Å². The summed E-state index contributed by atoms with van der Waals surface area (Å²) in [5.41, 5.74) is 0. The Morgan fingerprint density at radius 2 is 2.18 bits per heavy atom. The highest BCUT2D eigenvalue weighted by atomic mass is 15.2. The van der Waals surface area contributed by atoms with Gasteiger partial charge in [0.05, 0.1) is 0 Å². The van der Waals surface area contributed by atoms with Crippen LogP contribution in [0.1, 0.15) is 39.0 Å². The zero-order valence-corrected chi connectivity index (χ0v) is 7.55. The van der Waals surface area contributed by atoms with E-state index in [4.69, 9.17) is 0 Å². The van der Waals surface area contributed by atoms with E-state index in [0.717, 1.165) is 12.0 Å². The van der Waals surface area contributed by atoms with Crippen molar-refractivity contribution in [2.45, 2.75) is 45.1 Å². The van der Waals surface area contributed by atoms with E-state index in [1.165, 1.54) is 45.2 Å². The molecule has 0 aromatic rings. The molecule has 0 aromatic carbocycles. The molecule has 0 aliphatic carbocycles. The van der Waals surface area contributed by atoms with Gasteiger partial charge in [-0.1, -0.05) is 13.3 Å². The molecule has 64 valence electrons. The fourth-order valence-corrected chi connectivity index (χ4v) is 2.65. The maximum atomic E-state index is 2.72. The molecule has 0 aromatic heterocycles. The Kier molecular flexibility index (Phi) is 2.17. The van der Waals surface area contributed by atoms with Gasteiger partial charge in [0.25, 0.3) is 0 Å². The summed E-state index contributed by atoms with van der Waals surface area (Å²) in [7, 11) is 0. The van der Waals surface area contributed by atoms with Crippen molar-refractivity contribution in [1.82, 2.24) is 4.90 Å². The van der Waals surface area contributed by atoms with E-state index in [1.807, 2.05) is 0 Å². The van der Waals surface area contributed by atoms with Gasteiger partial charge in [-0.2, -0.15) is 0 Å². The minimum Gasteiger partial charge on any atom is -0.300 e. The molecular weight excluding hydrogens is 134 g/mol. The highest BCUT2D eigenvalue weighted by Gasteiger charge is 2.30. The molecule has 2 aliphatic rings. The van der Waals surface area contributed by atoms with Gasteiger partial charge in [-0.15, -0.1) is 0 Å². The predicted molar refractivity (Wildman–Crippen MR) is 47.6 cm³/mol. The second kappa shape index (κ2) is 3.14. The van der Waals surface area contributed by atoms with E-state index in [9.17, 15) is 0 Å². The summed E-state index contributed by atoms with van der Waals surface area (Å²) >= 11 is 0. The molecule has 1 heteroatoms. The van der Waals surface area contributed by atoms with Crippen LogP contribution in [-0.2, 0) is 0 Å². The molecule has 0 amide bonds. The fourth-order valence-electron chi connectivity index (χ4n) is 2.65. The van der Waals surface area contributed by atoms with Gasteiger partial charge >= 0.3 is 0 Å². The monoisotopic (exact) mass is 153 g/mol. The molecular formula is C10H19N. The first-order valence-corrected chi connectivity index (χ1v) is 5.14. The average Bonchev–Trinajstić information content (AvgIpc) is 2.50. The van der Waals surface area contributed by atoms with Gasteiger partial charge in [-0.05, 0) is 38.1 Å². The number of nitrogens with zero attached hydrogens (tertiary/aromatic N) is 1. The van der Waals surface area contributed by atoms with E-state index in [2.05, 4.69) is 11.8 Å². The zero-order chi connectivity index (χ0) is 7.68. The van der Waals surface area contributed by atoms with Crippen LogP contribution in [0.2, 0.25) is 0 Å². The van der Waals surface area contributed by atoms with Gasteiger partial charge < -0.3 is 4.90 Å². The van der Waals surface area contributed by atoms with Gasteiger partial charge in [-0.25, -0.2) is 0 Å². The van der Waals surface area contributed by atoms with Crippen molar-refractivity contribution in [3.63, 3.8) is 0 Å². The van der Waals surface area contributed by atoms with E-state index < -0.39 is 0 Å². The topological polar surface area (TPSA) is 3.24 Å². The Balaban J connectivity index is 1.91. The van der Waals surface area contributed by atoms with Crippen molar-refractivity contribution >= 4 is 0 Å². The second-order valence-electron chi connectivity index (χ2n) is 4.14. The second-order valence-corrected chi connectivity index (χ2v) is 4.14. The van der Waals surface area contributed by atoms with E-state index in [1.54, 1.807) is 0 Å². The van der Waals surface area contributed by atoms with E-state index in [0.29, 0.717) is 0 Å². The molecule has 2 rings (SSSR count). The fraction of sp³-hybridized carbons (Fsp3) is 1.00. The summed E-state index contributed by atoms with van der Waals surface area (Å²) in [5, 5.41) is 0. The van der Waals surface area contributed by atoms with Gasteiger partial charge in [-0.3, -0.25) is 0 Å². The molecule has 0 bridgehead atoms. The summed E-state index contributed by atoms with van der Waals surface area (Å²) < 4.78 is 0. The molecule has 2 heterocycles. The number of hydrogen-bond donors (Lipinski definition) is 0. The number of rotatable bonds is 1. The summed E-state index contributed by atoms with van der Waals surface area (Å²) in [4.78, 5) is 2.72. The van der Waals surface area contributed by atoms with Crippen molar-refractivity contribution < 1.29 is 0 Å². The van der Waals surface area contributed by atoms with Crippen molar-refractivity contribution in [2.24, 2.45) is 5.92 Å². The lowest BCUT2D eigenvalue weighted by Crippen LogP contribution is -2.38. The predicted octanol–water partition coefficient (Wildman–Crippen LogP) is 2.27. The molecule has 2 atom stereocenters. The molecule has 0 N–H and O–H groups in total. The first-order valence-electron chi connectivity index (χ1n) is 5.14. The standard InChI is InChI=1S/C10H19N/c1-2-9-5-6-10-4-3-7-11(10)8-9/h9-10H,2-8H2,1H3/t9-,10-/m0/s1. The zero-order valence-electron chi connectivity index (χ0n) is 7.55. The van der Waals surface area contributed by atoms with Crippen LogP contribution < -0.4 is 0 Å². The maximum absolute atomic E-state index is 2.72. The third-order valence-corrected chi connectivity index (χ3v) is 3.48. The van der Waals surface area contributed by atoms with Crippen LogP contribution in [0.15, 0.2) is 0 Å². The smallest absolute Gasteiger partial charge is 0.00959 e. The quantitative estimate of drug-likeness (QED) is 0.558. The highest BCUT2D eigenvalue weighted by Crippen LogP contribution is 2.30. The molecule has 0 unspecified atom stereocenters. The summed E-state index contributed by atoms with van der Waals surface area (Å²) in [6.07, 6.45) is 7.32. The van der Waals surface area contributed by atoms with Crippen molar-refractivity contribution in [2.75, 3.05) is 13.1 Å². The first-order chi connectivity index (χ1) is 5.40. The molecule has 2 saturated heterocycles. The summed E-state index contributed by atoms with van der Waals surface area (Å²) in [5.74, 6) is 1.02. The minimum atomic E-state index is 0.984. The lowest BCUT2D eigenvalue weighted by Gasteiger charge is -2.34. The number of hydrogen-bond acceptors (Lipinski definition) is 1. The molecule has 0 spiro atoms. The normalized spacial score (nSPS) is 39.0. The molecule has 2 aliphatic heterocycles. The molecule has 1 nitrogen and oxygen atoms in total. The Morgan fingerprint density at radius 3 is 3.00 bits per heavy atom. The Morgan fingerprint density at radius 1 is 1.27 bits per heavy atom.